The first kappa shape index (κ1) is 23.0. The summed E-state index contributed by atoms with van der Waals surface area (Å²) in [5.74, 6) is 4.57. The number of nitrogens with one attached hydrogen (secondary N) is 1. The van der Waals surface area contributed by atoms with Gasteiger partial charge in [-0.3, -0.25) is 0 Å². The van der Waals surface area contributed by atoms with E-state index in [9.17, 15) is 0 Å². The zero-order chi connectivity index (χ0) is 24.4. The average molecular weight is 466 g/mol. The van der Waals surface area contributed by atoms with Crippen LogP contribution in [-0.4, -0.2) is 55.1 Å². The van der Waals surface area contributed by atoms with Gasteiger partial charge in [-0.25, -0.2) is 14.5 Å². The van der Waals surface area contributed by atoms with Gasteiger partial charge in [0.2, 0.25) is 5.75 Å². The van der Waals surface area contributed by atoms with Crippen LogP contribution in [0.15, 0.2) is 30.3 Å². The quantitative estimate of drug-likeness (QED) is 0.410. The minimum Gasteiger partial charge on any atom is -0.497 e. The number of benzene rings is 2. The Labute approximate surface area is 197 Å². The average Bonchev–Trinajstić information content (AvgIpc) is 3.15. The maximum absolute atomic E-state index is 5.58. The summed E-state index contributed by atoms with van der Waals surface area (Å²) < 4.78 is 29.1. The number of aryl methyl sites for hydroxylation is 2. The molecule has 0 radical (unpaired) electrons. The second-order valence-electron chi connectivity index (χ2n) is 7.39. The summed E-state index contributed by atoms with van der Waals surface area (Å²) in [5.41, 5.74) is 2.95. The van der Waals surface area contributed by atoms with E-state index in [0.717, 1.165) is 17.0 Å². The Balaban J connectivity index is 1.90. The molecule has 0 atom stereocenters. The lowest BCUT2D eigenvalue weighted by Crippen LogP contribution is -2.06. The number of fused-ring (bicyclic) bond motifs is 1. The van der Waals surface area contributed by atoms with E-state index in [1.807, 2.05) is 38.1 Å². The van der Waals surface area contributed by atoms with Gasteiger partial charge in [0.05, 0.1) is 46.8 Å². The minimum atomic E-state index is 0.461. The molecule has 0 bridgehead atoms. The highest BCUT2D eigenvalue weighted by atomic mass is 16.5. The van der Waals surface area contributed by atoms with Gasteiger partial charge in [-0.2, -0.15) is 0 Å². The molecule has 10 heteroatoms. The Morgan fingerprint density at radius 2 is 1.44 bits per heavy atom. The van der Waals surface area contributed by atoms with Crippen molar-refractivity contribution < 1.29 is 23.7 Å². The molecule has 0 fully saturated rings. The third-order valence-corrected chi connectivity index (χ3v) is 5.40. The molecule has 4 aromatic rings. The van der Waals surface area contributed by atoms with E-state index in [1.54, 1.807) is 46.1 Å². The lowest BCUT2D eigenvalue weighted by molar-refractivity contribution is 0.324. The second-order valence-corrected chi connectivity index (χ2v) is 7.39. The molecule has 2 aromatic heterocycles. The third kappa shape index (κ3) is 3.98. The molecular weight excluding hydrogens is 438 g/mol. The van der Waals surface area contributed by atoms with Crippen molar-refractivity contribution in [1.29, 1.82) is 0 Å². The van der Waals surface area contributed by atoms with Crippen molar-refractivity contribution in [3.8, 4) is 40.1 Å². The maximum Gasteiger partial charge on any atom is 0.203 e. The smallest absolute Gasteiger partial charge is 0.203 e. The van der Waals surface area contributed by atoms with Crippen molar-refractivity contribution in [2.45, 2.75) is 13.8 Å². The lowest BCUT2D eigenvalue weighted by atomic mass is 10.1. The number of hydrogen-bond acceptors (Lipinski definition) is 9. The summed E-state index contributed by atoms with van der Waals surface area (Å²) in [6, 6.07) is 9.12. The predicted octanol–water partition coefficient (Wildman–Crippen LogP) is 4.19. The summed E-state index contributed by atoms with van der Waals surface area (Å²) >= 11 is 0. The van der Waals surface area contributed by atoms with Gasteiger partial charge >= 0.3 is 0 Å². The summed E-state index contributed by atoms with van der Waals surface area (Å²) in [5, 5.41) is 8.12. The van der Waals surface area contributed by atoms with E-state index in [1.165, 1.54) is 0 Å². The largest absolute Gasteiger partial charge is 0.497 e. The van der Waals surface area contributed by atoms with Gasteiger partial charge in [0, 0.05) is 23.9 Å². The Bertz CT molecular complexity index is 1330. The van der Waals surface area contributed by atoms with Crippen LogP contribution in [0.2, 0.25) is 0 Å². The van der Waals surface area contributed by atoms with Crippen LogP contribution in [0, 0.1) is 13.8 Å². The number of nitrogens with zero attached hydrogens (tertiary/aromatic N) is 4. The zero-order valence-corrected chi connectivity index (χ0v) is 20.2. The fourth-order valence-corrected chi connectivity index (χ4v) is 3.80. The van der Waals surface area contributed by atoms with Crippen LogP contribution in [0.4, 0.5) is 11.5 Å². The molecule has 2 aromatic carbocycles. The first-order valence-corrected chi connectivity index (χ1v) is 10.5. The molecular formula is C24H27N5O5. The zero-order valence-electron chi connectivity index (χ0n) is 20.2. The molecule has 0 amide bonds. The topological polar surface area (TPSA) is 101 Å². The number of rotatable bonds is 8. The Kier molecular flexibility index (Phi) is 6.31. The van der Waals surface area contributed by atoms with Gasteiger partial charge in [-0.1, -0.05) is 0 Å². The van der Waals surface area contributed by atoms with E-state index in [-0.39, 0.29) is 0 Å². The summed E-state index contributed by atoms with van der Waals surface area (Å²) in [6.45, 7) is 3.81. The fraction of sp³-hybridized carbons (Fsp3) is 0.292. The number of imidazole rings is 1. The van der Waals surface area contributed by atoms with Crippen LogP contribution >= 0.6 is 0 Å². The summed E-state index contributed by atoms with van der Waals surface area (Å²) in [4.78, 5) is 9.43. The first-order chi connectivity index (χ1) is 16.4. The number of ether oxygens (including phenoxy) is 5. The summed E-state index contributed by atoms with van der Waals surface area (Å²) in [7, 11) is 7.91. The first-order valence-electron chi connectivity index (χ1n) is 10.5. The maximum atomic E-state index is 5.58. The number of methoxy groups -OCH3 is 5. The molecule has 34 heavy (non-hydrogen) atoms. The van der Waals surface area contributed by atoms with Crippen LogP contribution < -0.4 is 29.0 Å². The van der Waals surface area contributed by atoms with Crippen LogP contribution in [0.25, 0.3) is 16.9 Å². The molecule has 0 spiro atoms. The van der Waals surface area contributed by atoms with Crippen molar-refractivity contribution in [1.82, 2.24) is 19.6 Å². The van der Waals surface area contributed by atoms with Gasteiger partial charge < -0.3 is 29.0 Å². The second kappa shape index (κ2) is 9.34. The molecule has 0 saturated carbocycles. The van der Waals surface area contributed by atoms with E-state index >= 15 is 0 Å². The minimum absolute atomic E-state index is 0.461. The van der Waals surface area contributed by atoms with Crippen LogP contribution in [0.3, 0.4) is 0 Å². The predicted molar refractivity (Wildman–Crippen MR) is 128 cm³/mol. The normalized spacial score (nSPS) is 10.8. The lowest BCUT2D eigenvalue weighted by Gasteiger charge is -2.16. The molecule has 0 aliphatic rings. The van der Waals surface area contributed by atoms with Crippen molar-refractivity contribution in [2.75, 3.05) is 40.9 Å². The van der Waals surface area contributed by atoms with Crippen LogP contribution in [-0.2, 0) is 0 Å². The van der Waals surface area contributed by atoms with E-state index in [0.29, 0.717) is 51.6 Å². The molecule has 0 saturated heterocycles. The van der Waals surface area contributed by atoms with Gasteiger partial charge in [0.15, 0.2) is 23.1 Å². The summed E-state index contributed by atoms with van der Waals surface area (Å²) in [6.07, 6.45) is 0. The standard InChI is InChI=1S/C24H27N5O5/c1-13-21-24(26-15-10-19(32-5)22(34-7)20(11-15)33-6)27-23(28-29(21)14(2)25-13)17-9-8-16(30-3)12-18(17)31-4/h8-12H,1-7H3,(H,26,27,28). The molecule has 1 N–H and O–H groups in total. The Morgan fingerprint density at radius 1 is 0.765 bits per heavy atom. The molecule has 178 valence electrons. The molecule has 10 nitrogen and oxygen atoms in total. The molecule has 0 unspecified atom stereocenters. The number of anilines is 2. The number of aromatic nitrogens is 4. The molecule has 0 aliphatic heterocycles. The third-order valence-electron chi connectivity index (χ3n) is 5.40. The highest BCUT2D eigenvalue weighted by Gasteiger charge is 2.20. The van der Waals surface area contributed by atoms with E-state index in [2.05, 4.69) is 10.3 Å². The monoisotopic (exact) mass is 465 g/mol. The van der Waals surface area contributed by atoms with Crippen molar-refractivity contribution in [3.05, 3.63) is 41.9 Å². The Hall–Kier alpha value is -4.21. The van der Waals surface area contributed by atoms with Crippen molar-refractivity contribution >= 4 is 17.0 Å². The number of hydrogen-bond donors (Lipinski definition) is 1. The van der Waals surface area contributed by atoms with Gasteiger partial charge in [0.25, 0.3) is 0 Å². The highest BCUT2D eigenvalue weighted by molar-refractivity contribution is 5.79. The van der Waals surface area contributed by atoms with Gasteiger partial charge in [0.1, 0.15) is 22.8 Å². The highest BCUT2D eigenvalue weighted by Crippen LogP contribution is 2.41. The van der Waals surface area contributed by atoms with E-state index in [4.69, 9.17) is 33.8 Å². The molecule has 4 rings (SSSR count). The van der Waals surface area contributed by atoms with Gasteiger partial charge in [-0.05, 0) is 26.0 Å². The Morgan fingerprint density at radius 3 is 2.03 bits per heavy atom. The van der Waals surface area contributed by atoms with Gasteiger partial charge in [-0.15, -0.1) is 5.10 Å². The van der Waals surface area contributed by atoms with Crippen molar-refractivity contribution in [3.63, 3.8) is 0 Å². The van der Waals surface area contributed by atoms with Crippen molar-refractivity contribution in [2.24, 2.45) is 0 Å². The molecule has 0 aliphatic carbocycles. The van der Waals surface area contributed by atoms with Crippen LogP contribution in [0.5, 0.6) is 28.7 Å². The fourth-order valence-electron chi connectivity index (χ4n) is 3.80. The van der Waals surface area contributed by atoms with E-state index < -0.39 is 0 Å². The van der Waals surface area contributed by atoms with Crippen LogP contribution in [0.1, 0.15) is 11.5 Å². The molecule has 2 heterocycles. The SMILES string of the molecule is COc1ccc(-c2nc(Nc3cc(OC)c(OC)c(OC)c3)c3c(C)nc(C)n3n2)c(OC)c1.